The van der Waals surface area contributed by atoms with Crippen LogP contribution in [-0.2, 0) is 0 Å². The third-order valence-corrected chi connectivity index (χ3v) is 4.57. The molecule has 2 saturated heterocycles. The van der Waals surface area contributed by atoms with Gasteiger partial charge in [0.05, 0.1) is 0 Å². The maximum atomic E-state index is 4.10. The normalized spacial score (nSPS) is 31.0. The number of nitrogens with one attached hydrogen (secondary N) is 1. The van der Waals surface area contributed by atoms with Crippen molar-refractivity contribution in [3.63, 3.8) is 0 Å². The Bertz CT molecular complexity index is 341. The smallest absolute Gasteiger partial charge is 0.0477 e. The van der Waals surface area contributed by atoms with Crippen molar-refractivity contribution in [1.82, 2.24) is 15.2 Å². The second-order valence-electron chi connectivity index (χ2n) is 4.42. The van der Waals surface area contributed by atoms with Crippen molar-refractivity contribution in [3.8, 4) is 0 Å². The Balaban J connectivity index is 1.83. The number of thioether (sulfide) groups is 1. The Morgan fingerprint density at radius 1 is 1.31 bits per heavy atom. The van der Waals surface area contributed by atoms with Gasteiger partial charge in [-0.3, -0.25) is 9.88 Å². The molecule has 2 aliphatic heterocycles. The van der Waals surface area contributed by atoms with E-state index in [1.807, 2.05) is 12.4 Å². The molecule has 3 nitrogen and oxygen atoms in total. The molecule has 0 aromatic carbocycles. The molecular formula is C12H17N3S. The molecule has 1 N–H and O–H groups in total. The van der Waals surface area contributed by atoms with Crippen LogP contribution in [0, 0.1) is 0 Å². The maximum Gasteiger partial charge on any atom is 0.0477 e. The summed E-state index contributed by atoms with van der Waals surface area (Å²) in [7, 11) is 0. The van der Waals surface area contributed by atoms with Crippen molar-refractivity contribution in [3.05, 3.63) is 30.1 Å². The Morgan fingerprint density at radius 2 is 2.19 bits per heavy atom. The van der Waals surface area contributed by atoms with Crippen LogP contribution in [0.25, 0.3) is 0 Å². The number of fused-ring (bicyclic) bond motifs is 1. The molecule has 16 heavy (non-hydrogen) atoms. The minimum atomic E-state index is 0.544. The quantitative estimate of drug-likeness (QED) is 0.790. The molecule has 0 amide bonds. The standard InChI is InChI=1S/C12H17N3S/c1-3-13-4-2-10(1)12-8-14-7-11-9-16-6-5-15(11)12/h1-4,11-12,14H,5-9H2. The number of nitrogens with zero attached hydrogens (tertiary/aromatic N) is 2. The number of hydrogen-bond acceptors (Lipinski definition) is 4. The lowest BCUT2D eigenvalue weighted by molar-refractivity contribution is 0.113. The second-order valence-corrected chi connectivity index (χ2v) is 5.57. The molecular weight excluding hydrogens is 218 g/mol. The molecule has 2 aliphatic rings. The van der Waals surface area contributed by atoms with Crippen LogP contribution in [0.5, 0.6) is 0 Å². The van der Waals surface area contributed by atoms with Gasteiger partial charge in [0, 0.05) is 55.6 Å². The molecule has 0 saturated carbocycles. The summed E-state index contributed by atoms with van der Waals surface area (Å²) in [5.74, 6) is 2.55. The van der Waals surface area contributed by atoms with E-state index < -0.39 is 0 Å². The second kappa shape index (κ2) is 4.73. The van der Waals surface area contributed by atoms with Gasteiger partial charge in [0.2, 0.25) is 0 Å². The molecule has 1 aromatic rings. The van der Waals surface area contributed by atoms with Gasteiger partial charge in [0.15, 0.2) is 0 Å². The zero-order chi connectivity index (χ0) is 10.8. The minimum absolute atomic E-state index is 0.544. The summed E-state index contributed by atoms with van der Waals surface area (Å²) in [6.07, 6.45) is 3.80. The molecule has 0 aliphatic carbocycles. The lowest BCUT2D eigenvalue weighted by Gasteiger charge is -2.45. The van der Waals surface area contributed by atoms with Crippen LogP contribution in [0.2, 0.25) is 0 Å². The molecule has 2 unspecified atom stereocenters. The Hall–Kier alpha value is -0.580. The highest BCUT2D eigenvalue weighted by Gasteiger charge is 2.32. The lowest BCUT2D eigenvalue weighted by atomic mass is 10.0. The summed E-state index contributed by atoms with van der Waals surface area (Å²) < 4.78 is 0. The molecule has 4 heteroatoms. The molecule has 3 heterocycles. The Kier molecular flexibility index (Phi) is 3.13. The first-order chi connectivity index (χ1) is 7.95. The summed E-state index contributed by atoms with van der Waals surface area (Å²) in [5.41, 5.74) is 1.40. The van der Waals surface area contributed by atoms with E-state index in [-0.39, 0.29) is 0 Å². The predicted octanol–water partition coefficient (Wildman–Crippen LogP) is 1.14. The fourth-order valence-corrected chi connectivity index (χ4v) is 3.74. The Morgan fingerprint density at radius 3 is 3.06 bits per heavy atom. The average Bonchev–Trinajstić information content (AvgIpc) is 2.39. The summed E-state index contributed by atoms with van der Waals surface area (Å²) in [6, 6.07) is 5.56. The maximum absolute atomic E-state index is 4.10. The molecule has 3 rings (SSSR count). The minimum Gasteiger partial charge on any atom is -0.313 e. The van der Waals surface area contributed by atoms with Crippen molar-refractivity contribution in [2.24, 2.45) is 0 Å². The Labute approximate surface area is 101 Å². The van der Waals surface area contributed by atoms with E-state index in [9.17, 15) is 0 Å². The number of aromatic nitrogens is 1. The van der Waals surface area contributed by atoms with Crippen molar-refractivity contribution >= 4 is 11.8 Å². The van der Waals surface area contributed by atoms with Gasteiger partial charge in [-0.15, -0.1) is 0 Å². The molecule has 0 spiro atoms. The van der Waals surface area contributed by atoms with E-state index in [4.69, 9.17) is 0 Å². The van der Waals surface area contributed by atoms with Gasteiger partial charge in [0.1, 0.15) is 0 Å². The molecule has 1 aromatic heterocycles. The van der Waals surface area contributed by atoms with Crippen LogP contribution < -0.4 is 5.32 Å². The highest BCUT2D eigenvalue weighted by molar-refractivity contribution is 7.99. The van der Waals surface area contributed by atoms with E-state index in [0.717, 1.165) is 13.1 Å². The molecule has 2 atom stereocenters. The van der Waals surface area contributed by atoms with E-state index in [2.05, 4.69) is 39.1 Å². The summed E-state index contributed by atoms with van der Waals surface area (Å²) >= 11 is 2.08. The first-order valence-electron chi connectivity index (χ1n) is 5.89. The van der Waals surface area contributed by atoms with Crippen molar-refractivity contribution in [2.75, 3.05) is 31.1 Å². The van der Waals surface area contributed by atoms with Gasteiger partial charge < -0.3 is 5.32 Å². The van der Waals surface area contributed by atoms with E-state index in [1.165, 1.54) is 23.6 Å². The molecule has 86 valence electrons. The van der Waals surface area contributed by atoms with Crippen LogP contribution in [0.15, 0.2) is 24.5 Å². The fourth-order valence-electron chi connectivity index (χ4n) is 2.65. The lowest BCUT2D eigenvalue weighted by Crippen LogP contribution is -2.56. The van der Waals surface area contributed by atoms with Crippen LogP contribution >= 0.6 is 11.8 Å². The molecule has 0 radical (unpaired) electrons. The highest BCUT2D eigenvalue weighted by atomic mass is 32.2. The summed E-state index contributed by atoms with van der Waals surface area (Å²) in [6.45, 7) is 3.45. The predicted molar refractivity (Wildman–Crippen MR) is 67.7 cm³/mol. The molecule has 2 fully saturated rings. The van der Waals surface area contributed by atoms with Crippen molar-refractivity contribution in [1.29, 1.82) is 0 Å². The zero-order valence-electron chi connectivity index (χ0n) is 9.30. The van der Waals surface area contributed by atoms with Gasteiger partial charge in [-0.2, -0.15) is 11.8 Å². The molecule has 0 bridgehead atoms. The van der Waals surface area contributed by atoms with Crippen LogP contribution in [0.3, 0.4) is 0 Å². The first-order valence-corrected chi connectivity index (χ1v) is 7.05. The van der Waals surface area contributed by atoms with E-state index in [1.54, 1.807) is 0 Å². The van der Waals surface area contributed by atoms with E-state index >= 15 is 0 Å². The number of piperazine rings is 1. The zero-order valence-corrected chi connectivity index (χ0v) is 10.1. The summed E-state index contributed by atoms with van der Waals surface area (Å²) in [5, 5.41) is 3.56. The van der Waals surface area contributed by atoms with E-state index in [0.29, 0.717) is 12.1 Å². The van der Waals surface area contributed by atoms with Crippen LogP contribution in [0.4, 0.5) is 0 Å². The van der Waals surface area contributed by atoms with Crippen molar-refractivity contribution < 1.29 is 0 Å². The number of hydrogen-bond donors (Lipinski definition) is 1. The average molecular weight is 235 g/mol. The third kappa shape index (κ3) is 1.97. The first kappa shape index (κ1) is 10.6. The van der Waals surface area contributed by atoms with Gasteiger partial charge in [0.25, 0.3) is 0 Å². The highest BCUT2D eigenvalue weighted by Crippen LogP contribution is 2.29. The fraction of sp³-hybridized carbons (Fsp3) is 0.583. The van der Waals surface area contributed by atoms with Gasteiger partial charge in [-0.1, -0.05) is 0 Å². The largest absolute Gasteiger partial charge is 0.313 e. The third-order valence-electron chi connectivity index (χ3n) is 3.48. The van der Waals surface area contributed by atoms with Crippen molar-refractivity contribution in [2.45, 2.75) is 12.1 Å². The monoisotopic (exact) mass is 235 g/mol. The SMILES string of the molecule is c1cc(C2CNCC3CSCCN32)ccn1. The van der Waals surface area contributed by atoms with Gasteiger partial charge >= 0.3 is 0 Å². The number of pyridine rings is 1. The van der Waals surface area contributed by atoms with Gasteiger partial charge in [-0.25, -0.2) is 0 Å². The van der Waals surface area contributed by atoms with Crippen LogP contribution in [-0.4, -0.2) is 47.1 Å². The summed E-state index contributed by atoms with van der Waals surface area (Å²) in [4.78, 5) is 6.77. The topological polar surface area (TPSA) is 28.2 Å². The van der Waals surface area contributed by atoms with Crippen LogP contribution in [0.1, 0.15) is 11.6 Å². The van der Waals surface area contributed by atoms with Gasteiger partial charge in [-0.05, 0) is 17.7 Å². The number of rotatable bonds is 1.